The van der Waals surface area contributed by atoms with Gasteiger partial charge in [0.1, 0.15) is 6.23 Å². The van der Waals surface area contributed by atoms with Gasteiger partial charge in [0, 0.05) is 11.6 Å². The number of aliphatic hydroxyl groups excluding tert-OH is 1. The monoisotopic (exact) mass is 227 g/mol. The van der Waals surface area contributed by atoms with Gasteiger partial charge in [0.2, 0.25) is 0 Å². The number of aliphatic hydroxyl groups is 1. The van der Waals surface area contributed by atoms with Gasteiger partial charge in [-0.2, -0.15) is 0 Å². The summed E-state index contributed by atoms with van der Waals surface area (Å²) in [5.74, 6) is 0.246. The topological polar surface area (TPSA) is 32.3 Å². The van der Waals surface area contributed by atoms with E-state index in [4.69, 9.17) is 11.6 Å². The fourth-order valence-corrected chi connectivity index (χ4v) is 1.38. The van der Waals surface area contributed by atoms with Crippen LogP contribution in [0.3, 0.4) is 0 Å². The Hall–Kier alpha value is -0.570. The van der Waals surface area contributed by atoms with E-state index in [0.29, 0.717) is 0 Å². The Labute approximate surface area is 96.3 Å². The van der Waals surface area contributed by atoms with Gasteiger partial charge in [-0.25, -0.2) is 0 Å². The molecule has 0 aliphatic rings. The van der Waals surface area contributed by atoms with Crippen LogP contribution in [0.25, 0.3) is 0 Å². The van der Waals surface area contributed by atoms with Crippen LogP contribution in [0.2, 0.25) is 5.02 Å². The van der Waals surface area contributed by atoms with Crippen molar-refractivity contribution < 1.29 is 5.11 Å². The van der Waals surface area contributed by atoms with Gasteiger partial charge in [0.15, 0.2) is 0 Å². The molecule has 0 fully saturated rings. The lowest BCUT2D eigenvalue weighted by Gasteiger charge is -2.15. The summed E-state index contributed by atoms with van der Waals surface area (Å²) in [6.07, 6.45) is 0.485. The molecule has 0 aromatic heterocycles. The van der Waals surface area contributed by atoms with Gasteiger partial charge in [0.25, 0.3) is 0 Å². The zero-order chi connectivity index (χ0) is 11.3. The number of benzene rings is 1. The lowest BCUT2D eigenvalue weighted by Crippen LogP contribution is -2.34. The molecule has 1 atom stereocenters. The minimum atomic E-state index is -0.419. The van der Waals surface area contributed by atoms with Crippen molar-refractivity contribution in [1.29, 1.82) is 0 Å². The molecule has 1 unspecified atom stereocenters. The average Bonchev–Trinajstić information content (AvgIpc) is 2.20. The number of halogens is 1. The highest BCUT2D eigenvalue weighted by Crippen LogP contribution is 2.09. The summed E-state index contributed by atoms with van der Waals surface area (Å²) in [6, 6.07) is 7.78. The fraction of sp³-hybridized carbons (Fsp3) is 0.500. The Balaban J connectivity index is 2.29. The first-order valence-electron chi connectivity index (χ1n) is 5.25. The van der Waals surface area contributed by atoms with E-state index in [-0.39, 0.29) is 5.92 Å². The summed E-state index contributed by atoms with van der Waals surface area (Å²) in [5.41, 5.74) is 1.22. The quantitative estimate of drug-likeness (QED) is 0.758. The molecule has 0 aliphatic carbocycles. The molecule has 0 saturated heterocycles. The molecule has 1 aromatic carbocycles. The summed E-state index contributed by atoms with van der Waals surface area (Å²) in [6.45, 7) is 4.75. The van der Waals surface area contributed by atoms with E-state index < -0.39 is 6.23 Å². The number of nitrogens with one attached hydrogen (secondary N) is 1. The third-order valence-corrected chi connectivity index (χ3v) is 2.56. The van der Waals surface area contributed by atoms with E-state index in [9.17, 15) is 5.11 Å². The first-order chi connectivity index (χ1) is 7.09. The maximum atomic E-state index is 9.52. The Morgan fingerprint density at radius 2 is 1.87 bits per heavy atom. The minimum absolute atomic E-state index is 0.246. The lowest BCUT2D eigenvalue weighted by atomic mass is 10.1. The Kier molecular flexibility index (Phi) is 5.09. The number of hydrogen-bond acceptors (Lipinski definition) is 2. The van der Waals surface area contributed by atoms with Crippen LogP contribution in [-0.2, 0) is 6.42 Å². The highest BCUT2D eigenvalue weighted by atomic mass is 35.5. The van der Waals surface area contributed by atoms with Gasteiger partial charge in [-0.3, -0.25) is 5.32 Å². The molecule has 15 heavy (non-hydrogen) atoms. The highest BCUT2D eigenvalue weighted by Gasteiger charge is 2.06. The van der Waals surface area contributed by atoms with Crippen LogP contribution in [-0.4, -0.2) is 17.9 Å². The fourth-order valence-electron chi connectivity index (χ4n) is 1.25. The molecule has 0 spiro atoms. The van der Waals surface area contributed by atoms with Crippen LogP contribution < -0.4 is 5.32 Å². The molecule has 0 radical (unpaired) electrons. The summed E-state index contributed by atoms with van der Waals surface area (Å²) in [4.78, 5) is 0. The number of hydrogen-bond donors (Lipinski definition) is 2. The van der Waals surface area contributed by atoms with Gasteiger partial charge >= 0.3 is 0 Å². The van der Waals surface area contributed by atoms with Crippen molar-refractivity contribution in [2.24, 2.45) is 5.92 Å². The lowest BCUT2D eigenvalue weighted by molar-refractivity contribution is 0.0914. The van der Waals surface area contributed by atoms with Crippen LogP contribution in [0.4, 0.5) is 0 Å². The summed E-state index contributed by atoms with van der Waals surface area (Å²) in [7, 11) is 0. The van der Waals surface area contributed by atoms with Crippen molar-refractivity contribution in [3.63, 3.8) is 0 Å². The molecule has 1 rings (SSSR count). The molecular weight excluding hydrogens is 210 g/mol. The van der Waals surface area contributed by atoms with E-state index in [1.54, 1.807) is 0 Å². The smallest absolute Gasteiger partial charge is 0.107 e. The molecule has 0 saturated carbocycles. The van der Waals surface area contributed by atoms with Crippen LogP contribution >= 0.6 is 11.6 Å². The first kappa shape index (κ1) is 12.5. The molecule has 3 heteroatoms. The van der Waals surface area contributed by atoms with Crippen molar-refractivity contribution in [1.82, 2.24) is 5.32 Å². The third-order valence-electron chi connectivity index (χ3n) is 2.31. The predicted octanol–water partition coefficient (Wildman–Crippen LogP) is 2.45. The van der Waals surface area contributed by atoms with Gasteiger partial charge in [-0.1, -0.05) is 37.6 Å². The van der Waals surface area contributed by atoms with Crippen molar-refractivity contribution in [3.05, 3.63) is 34.9 Å². The molecule has 2 N–H and O–H groups in total. The molecule has 2 nitrogen and oxygen atoms in total. The normalized spacial score (nSPS) is 13.1. The second-order valence-corrected chi connectivity index (χ2v) is 4.46. The minimum Gasteiger partial charge on any atom is -0.378 e. The number of rotatable bonds is 5. The zero-order valence-corrected chi connectivity index (χ0v) is 9.96. The predicted molar refractivity (Wildman–Crippen MR) is 64.0 cm³/mol. The van der Waals surface area contributed by atoms with Gasteiger partial charge in [-0.15, -0.1) is 0 Å². The van der Waals surface area contributed by atoms with Crippen LogP contribution in [0, 0.1) is 5.92 Å². The van der Waals surface area contributed by atoms with E-state index in [1.165, 1.54) is 5.56 Å². The maximum Gasteiger partial charge on any atom is 0.107 e. The van der Waals surface area contributed by atoms with Crippen molar-refractivity contribution in [2.45, 2.75) is 26.5 Å². The molecule has 84 valence electrons. The Morgan fingerprint density at radius 3 is 2.40 bits per heavy atom. The molecular formula is C12H18ClNO. The van der Waals surface area contributed by atoms with Gasteiger partial charge < -0.3 is 5.11 Å². The summed E-state index contributed by atoms with van der Waals surface area (Å²) >= 11 is 5.78. The Morgan fingerprint density at radius 1 is 1.27 bits per heavy atom. The summed E-state index contributed by atoms with van der Waals surface area (Å²) in [5, 5.41) is 13.3. The third kappa shape index (κ3) is 4.65. The van der Waals surface area contributed by atoms with E-state index in [2.05, 4.69) is 5.32 Å². The zero-order valence-electron chi connectivity index (χ0n) is 9.20. The van der Waals surface area contributed by atoms with Crippen LogP contribution in [0.1, 0.15) is 19.4 Å². The second kappa shape index (κ2) is 6.11. The van der Waals surface area contributed by atoms with Crippen LogP contribution in [0.15, 0.2) is 24.3 Å². The largest absolute Gasteiger partial charge is 0.378 e. The second-order valence-electron chi connectivity index (χ2n) is 4.02. The van der Waals surface area contributed by atoms with Crippen molar-refractivity contribution in [3.8, 4) is 0 Å². The van der Waals surface area contributed by atoms with E-state index in [0.717, 1.165) is 18.0 Å². The molecule has 1 aromatic rings. The van der Waals surface area contributed by atoms with Crippen molar-refractivity contribution >= 4 is 11.6 Å². The van der Waals surface area contributed by atoms with Crippen LogP contribution in [0.5, 0.6) is 0 Å². The summed E-state index contributed by atoms with van der Waals surface area (Å²) < 4.78 is 0. The van der Waals surface area contributed by atoms with Gasteiger partial charge in [0.05, 0.1) is 0 Å². The SMILES string of the molecule is CC(C)C(O)NCCc1ccc(Cl)cc1. The molecule has 0 aliphatic heterocycles. The highest BCUT2D eigenvalue weighted by molar-refractivity contribution is 6.30. The Bertz CT molecular complexity index is 284. The van der Waals surface area contributed by atoms with E-state index in [1.807, 2.05) is 38.1 Å². The first-order valence-corrected chi connectivity index (χ1v) is 5.63. The van der Waals surface area contributed by atoms with E-state index >= 15 is 0 Å². The maximum absolute atomic E-state index is 9.52. The molecule has 0 bridgehead atoms. The van der Waals surface area contributed by atoms with Crippen molar-refractivity contribution in [2.75, 3.05) is 6.54 Å². The van der Waals surface area contributed by atoms with Gasteiger partial charge in [-0.05, 0) is 30.0 Å². The standard InChI is InChI=1S/C12H18ClNO/c1-9(2)12(15)14-8-7-10-3-5-11(13)6-4-10/h3-6,9,12,14-15H,7-8H2,1-2H3. The average molecular weight is 228 g/mol. The molecule has 0 heterocycles. The molecule has 0 amide bonds.